The smallest absolute Gasteiger partial charge is 0.252 e. The van der Waals surface area contributed by atoms with Gasteiger partial charge in [-0.25, -0.2) is 0 Å². The SMILES string of the molecule is O=C1NCCSc2ccc(Br)cc21. The van der Waals surface area contributed by atoms with Gasteiger partial charge in [-0.05, 0) is 18.2 Å². The van der Waals surface area contributed by atoms with E-state index in [0.717, 1.165) is 27.2 Å². The first-order valence-corrected chi connectivity index (χ1v) is 5.76. The summed E-state index contributed by atoms with van der Waals surface area (Å²) in [5, 5.41) is 2.85. The third kappa shape index (κ3) is 1.89. The number of amides is 1. The molecule has 0 fully saturated rings. The summed E-state index contributed by atoms with van der Waals surface area (Å²) < 4.78 is 0.948. The zero-order valence-corrected chi connectivity index (χ0v) is 9.24. The van der Waals surface area contributed by atoms with E-state index in [1.807, 2.05) is 18.2 Å². The van der Waals surface area contributed by atoms with Gasteiger partial charge in [-0.1, -0.05) is 15.9 Å². The second-order valence-electron chi connectivity index (χ2n) is 2.74. The lowest BCUT2D eigenvalue weighted by Crippen LogP contribution is -2.23. The number of thioether (sulfide) groups is 1. The van der Waals surface area contributed by atoms with Crippen LogP contribution >= 0.6 is 27.7 Å². The van der Waals surface area contributed by atoms with Gasteiger partial charge in [-0.3, -0.25) is 4.79 Å². The van der Waals surface area contributed by atoms with Crippen LogP contribution in [-0.4, -0.2) is 18.2 Å². The molecule has 2 nitrogen and oxygen atoms in total. The zero-order chi connectivity index (χ0) is 9.26. The second kappa shape index (κ2) is 3.72. The van der Waals surface area contributed by atoms with Crippen LogP contribution in [-0.2, 0) is 0 Å². The summed E-state index contributed by atoms with van der Waals surface area (Å²) >= 11 is 5.07. The summed E-state index contributed by atoms with van der Waals surface area (Å²) in [7, 11) is 0. The lowest BCUT2D eigenvalue weighted by molar-refractivity contribution is 0.0954. The van der Waals surface area contributed by atoms with Gasteiger partial charge in [-0.15, -0.1) is 11.8 Å². The Hall–Kier alpha value is -0.480. The van der Waals surface area contributed by atoms with Crippen LogP contribution in [0.2, 0.25) is 0 Å². The van der Waals surface area contributed by atoms with Crippen molar-refractivity contribution in [2.75, 3.05) is 12.3 Å². The standard InChI is InChI=1S/C9H8BrNOS/c10-6-1-2-8-7(5-6)9(12)11-3-4-13-8/h1-2,5H,3-4H2,(H,11,12). The van der Waals surface area contributed by atoms with E-state index in [0.29, 0.717) is 0 Å². The van der Waals surface area contributed by atoms with Crippen molar-refractivity contribution in [2.24, 2.45) is 0 Å². The third-order valence-electron chi connectivity index (χ3n) is 1.83. The summed E-state index contributed by atoms with van der Waals surface area (Å²) in [6, 6.07) is 5.81. The highest BCUT2D eigenvalue weighted by molar-refractivity contribution is 9.10. The molecular formula is C9H8BrNOS. The molecule has 1 aromatic carbocycles. The fourth-order valence-corrected chi connectivity index (χ4v) is 2.48. The second-order valence-corrected chi connectivity index (χ2v) is 4.80. The van der Waals surface area contributed by atoms with Crippen molar-refractivity contribution in [2.45, 2.75) is 4.90 Å². The highest BCUT2D eigenvalue weighted by atomic mass is 79.9. The number of fused-ring (bicyclic) bond motifs is 1. The lowest BCUT2D eigenvalue weighted by Gasteiger charge is -2.03. The van der Waals surface area contributed by atoms with Crippen LogP contribution in [0.25, 0.3) is 0 Å². The van der Waals surface area contributed by atoms with Gasteiger partial charge < -0.3 is 5.32 Å². The number of hydrogen-bond acceptors (Lipinski definition) is 2. The Balaban J connectivity index is 2.49. The number of halogens is 1. The molecule has 68 valence electrons. The van der Waals surface area contributed by atoms with E-state index in [-0.39, 0.29) is 5.91 Å². The molecule has 0 atom stereocenters. The summed E-state index contributed by atoms with van der Waals surface area (Å²) in [5.74, 6) is 0.974. The summed E-state index contributed by atoms with van der Waals surface area (Å²) in [4.78, 5) is 12.6. The largest absolute Gasteiger partial charge is 0.351 e. The molecular weight excluding hydrogens is 250 g/mol. The van der Waals surface area contributed by atoms with E-state index in [2.05, 4.69) is 21.2 Å². The van der Waals surface area contributed by atoms with E-state index in [1.165, 1.54) is 0 Å². The molecule has 1 heterocycles. The Morgan fingerprint density at radius 3 is 3.15 bits per heavy atom. The van der Waals surface area contributed by atoms with Crippen molar-refractivity contribution < 1.29 is 4.79 Å². The summed E-state index contributed by atoms with van der Waals surface area (Å²) in [5.41, 5.74) is 0.775. The Bertz CT molecular complexity index is 353. The Kier molecular flexibility index (Phi) is 2.60. The number of rotatable bonds is 0. The van der Waals surface area contributed by atoms with Gasteiger partial charge >= 0.3 is 0 Å². The summed E-state index contributed by atoms with van der Waals surface area (Å²) in [6.07, 6.45) is 0. The van der Waals surface area contributed by atoms with E-state index >= 15 is 0 Å². The molecule has 1 aromatic rings. The van der Waals surface area contributed by atoms with Crippen LogP contribution in [0, 0.1) is 0 Å². The Labute approximate surface area is 89.2 Å². The normalized spacial score (nSPS) is 15.9. The number of carbonyl (C=O) groups excluding carboxylic acids is 1. The van der Waals surface area contributed by atoms with E-state index in [1.54, 1.807) is 11.8 Å². The molecule has 0 spiro atoms. The van der Waals surface area contributed by atoms with Crippen LogP contribution in [0.1, 0.15) is 10.4 Å². The van der Waals surface area contributed by atoms with Crippen molar-refractivity contribution >= 4 is 33.6 Å². The maximum Gasteiger partial charge on any atom is 0.252 e. The average molecular weight is 258 g/mol. The van der Waals surface area contributed by atoms with Gasteiger partial charge in [0, 0.05) is 21.7 Å². The van der Waals surface area contributed by atoms with Crippen LogP contribution in [0.5, 0.6) is 0 Å². The molecule has 0 saturated carbocycles. The van der Waals surface area contributed by atoms with Gasteiger partial charge in [0.15, 0.2) is 0 Å². The Morgan fingerprint density at radius 1 is 1.46 bits per heavy atom. The van der Waals surface area contributed by atoms with Crippen molar-refractivity contribution in [1.82, 2.24) is 5.32 Å². The molecule has 0 aliphatic carbocycles. The fourth-order valence-electron chi connectivity index (χ4n) is 1.23. The predicted molar refractivity (Wildman–Crippen MR) is 57.2 cm³/mol. The number of hydrogen-bond donors (Lipinski definition) is 1. The van der Waals surface area contributed by atoms with Gasteiger partial charge in [-0.2, -0.15) is 0 Å². The Morgan fingerprint density at radius 2 is 2.31 bits per heavy atom. The minimum absolute atomic E-state index is 0.0290. The quantitative estimate of drug-likeness (QED) is 0.773. The minimum atomic E-state index is 0.0290. The molecule has 1 amide bonds. The third-order valence-corrected chi connectivity index (χ3v) is 3.40. The average Bonchev–Trinajstić information content (AvgIpc) is 2.29. The molecule has 0 aromatic heterocycles. The molecule has 4 heteroatoms. The van der Waals surface area contributed by atoms with Gasteiger partial charge in [0.1, 0.15) is 0 Å². The predicted octanol–water partition coefficient (Wildman–Crippen LogP) is 2.28. The van der Waals surface area contributed by atoms with Crippen LogP contribution < -0.4 is 5.32 Å². The monoisotopic (exact) mass is 257 g/mol. The molecule has 0 radical (unpaired) electrons. The summed E-state index contributed by atoms with van der Waals surface area (Å²) in [6.45, 7) is 0.746. The maximum atomic E-state index is 11.5. The molecule has 1 N–H and O–H groups in total. The molecule has 1 aliphatic rings. The maximum absolute atomic E-state index is 11.5. The topological polar surface area (TPSA) is 29.1 Å². The first-order chi connectivity index (χ1) is 6.27. The molecule has 0 unspecified atom stereocenters. The van der Waals surface area contributed by atoms with Crippen molar-refractivity contribution in [1.29, 1.82) is 0 Å². The first kappa shape index (κ1) is 9.09. The number of nitrogens with one attached hydrogen (secondary N) is 1. The van der Waals surface area contributed by atoms with Gasteiger partial charge in [0.25, 0.3) is 5.91 Å². The number of carbonyl (C=O) groups is 1. The van der Waals surface area contributed by atoms with E-state index in [9.17, 15) is 4.79 Å². The van der Waals surface area contributed by atoms with Gasteiger partial charge in [0.05, 0.1) is 5.56 Å². The molecule has 13 heavy (non-hydrogen) atoms. The lowest BCUT2D eigenvalue weighted by atomic mass is 10.2. The first-order valence-electron chi connectivity index (χ1n) is 3.98. The minimum Gasteiger partial charge on any atom is -0.351 e. The molecule has 1 aliphatic heterocycles. The van der Waals surface area contributed by atoms with Crippen molar-refractivity contribution in [3.8, 4) is 0 Å². The van der Waals surface area contributed by atoms with Crippen LogP contribution in [0.3, 0.4) is 0 Å². The highest BCUT2D eigenvalue weighted by Gasteiger charge is 2.14. The van der Waals surface area contributed by atoms with Crippen molar-refractivity contribution in [3.05, 3.63) is 28.2 Å². The van der Waals surface area contributed by atoms with Crippen LogP contribution in [0.15, 0.2) is 27.6 Å². The zero-order valence-electron chi connectivity index (χ0n) is 6.84. The van der Waals surface area contributed by atoms with Gasteiger partial charge in [0.2, 0.25) is 0 Å². The molecule has 0 bridgehead atoms. The van der Waals surface area contributed by atoms with E-state index < -0.39 is 0 Å². The fraction of sp³-hybridized carbons (Fsp3) is 0.222. The molecule has 0 saturated heterocycles. The highest BCUT2D eigenvalue weighted by Crippen LogP contribution is 2.27. The molecule has 2 rings (SSSR count). The van der Waals surface area contributed by atoms with E-state index in [4.69, 9.17) is 0 Å². The van der Waals surface area contributed by atoms with Crippen LogP contribution in [0.4, 0.5) is 0 Å². The number of benzene rings is 1. The van der Waals surface area contributed by atoms with Crippen molar-refractivity contribution in [3.63, 3.8) is 0 Å².